The summed E-state index contributed by atoms with van der Waals surface area (Å²) in [6, 6.07) is 5.08. The van der Waals surface area contributed by atoms with Crippen molar-refractivity contribution in [2.45, 2.75) is 19.5 Å². The second kappa shape index (κ2) is 8.53. The molecule has 3 aromatic rings. The SMILES string of the molecule is O=C(NO)c1cc2c(CN3CC[C@@H]4C(=O)NC[C@@H]4C3)cn(Cc3ccc(F)cc3F)c2cn1. The molecule has 2 aliphatic heterocycles. The molecule has 172 valence electrons. The number of hydrogen-bond donors (Lipinski definition) is 3. The molecule has 0 radical (unpaired) electrons. The minimum absolute atomic E-state index is 0.0567. The number of halogens is 2. The van der Waals surface area contributed by atoms with Crippen LogP contribution in [0.5, 0.6) is 0 Å². The lowest BCUT2D eigenvalue weighted by Crippen LogP contribution is -2.40. The van der Waals surface area contributed by atoms with Gasteiger partial charge in [-0.2, -0.15) is 0 Å². The van der Waals surface area contributed by atoms with Crippen LogP contribution in [-0.2, 0) is 17.9 Å². The molecule has 33 heavy (non-hydrogen) atoms. The minimum atomic E-state index is -0.725. The smallest absolute Gasteiger partial charge is 0.293 e. The number of pyridine rings is 1. The van der Waals surface area contributed by atoms with Crippen LogP contribution in [0.25, 0.3) is 10.9 Å². The first kappa shape index (κ1) is 21.5. The van der Waals surface area contributed by atoms with E-state index in [4.69, 9.17) is 5.21 Å². The number of nitrogens with zero attached hydrogens (tertiary/aromatic N) is 3. The third kappa shape index (κ3) is 4.07. The van der Waals surface area contributed by atoms with Gasteiger partial charge in [0, 0.05) is 54.7 Å². The first-order valence-corrected chi connectivity index (χ1v) is 10.8. The van der Waals surface area contributed by atoms with Gasteiger partial charge in [-0.15, -0.1) is 0 Å². The van der Waals surface area contributed by atoms with E-state index in [0.717, 1.165) is 36.5 Å². The van der Waals surface area contributed by atoms with Crippen LogP contribution in [0.4, 0.5) is 8.78 Å². The molecule has 2 aromatic heterocycles. The Morgan fingerprint density at radius 1 is 1.24 bits per heavy atom. The van der Waals surface area contributed by atoms with Crippen molar-refractivity contribution in [1.29, 1.82) is 0 Å². The maximum atomic E-state index is 14.3. The van der Waals surface area contributed by atoms with Crippen molar-refractivity contribution in [1.82, 2.24) is 25.2 Å². The van der Waals surface area contributed by atoms with Crippen LogP contribution in [0.3, 0.4) is 0 Å². The predicted molar refractivity (Wildman–Crippen MR) is 114 cm³/mol. The van der Waals surface area contributed by atoms with Crippen molar-refractivity contribution in [2.75, 3.05) is 19.6 Å². The van der Waals surface area contributed by atoms with Gasteiger partial charge in [0.15, 0.2) is 0 Å². The fourth-order valence-corrected chi connectivity index (χ4v) is 4.94. The number of likely N-dealkylation sites (tertiary alicyclic amines) is 1. The van der Waals surface area contributed by atoms with Gasteiger partial charge in [-0.05, 0) is 30.7 Å². The molecule has 5 rings (SSSR count). The van der Waals surface area contributed by atoms with Gasteiger partial charge in [0.25, 0.3) is 5.91 Å². The summed E-state index contributed by atoms with van der Waals surface area (Å²) in [5.74, 6) is -1.54. The average molecular weight is 455 g/mol. The van der Waals surface area contributed by atoms with Gasteiger partial charge in [-0.25, -0.2) is 19.2 Å². The molecule has 0 saturated carbocycles. The zero-order valence-electron chi connectivity index (χ0n) is 17.7. The summed E-state index contributed by atoms with van der Waals surface area (Å²) < 4.78 is 29.4. The van der Waals surface area contributed by atoms with E-state index in [0.29, 0.717) is 24.2 Å². The van der Waals surface area contributed by atoms with Gasteiger partial charge in [-0.3, -0.25) is 19.7 Å². The Labute approximate surface area is 188 Å². The van der Waals surface area contributed by atoms with Gasteiger partial charge in [0.05, 0.1) is 18.3 Å². The molecule has 0 bridgehead atoms. The van der Waals surface area contributed by atoms with Crippen LogP contribution >= 0.6 is 0 Å². The van der Waals surface area contributed by atoms with E-state index in [1.54, 1.807) is 11.5 Å². The first-order chi connectivity index (χ1) is 15.9. The van der Waals surface area contributed by atoms with E-state index in [2.05, 4.69) is 15.2 Å². The van der Waals surface area contributed by atoms with Gasteiger partial charge >= 0.3 is 0 Å². The van der Waals surface area contributed by atoms with Gasteiger partial charge in [-0.1, -0.05) is 6.07 Å². The summed E-state index contributed by atoms with van der Waals surface area (Å²) >= 11 is 0. The van der Waals surface area contributed by atoms with Crippen molar-refractivity contribution in [3.05, 3.63) is 65.1 Å². The van der Waals surface area contributed by atoms with E-state index in [-0.39, 0.29) is 30.0 Å². The monoisotopic (exact) mass is 455 g/mol. The van der Waals surface area contributed by atoms with Crippen LogP contribution in [0.2, 0.25) is 0 Å². The Morgan fingerprint density at radius 3 is 2.88 bits per heavy atom. The van der Waals surface area contributed by atoms with Crippen molar-refractivity contribution in [3.8, 4) is 0 Å². The molecule has 4 heterocycles. The molecule has 10 heteroatoms. The molecule has 2 saturated heterocycles. The Morgan fingerprint density at radius 2 is 2.09 bits per heavy atom. The van der Waals surface area contributed by atoms with Gasteiger partial charge in [0.1, 0.15) is 17.3 Å². The second-order valence-electron chi connectivity index (χ2n) is 8.68. The molecule has 0 aliphatic carbocycles. The summed E-state index contributed by atoms with van der Waals surface area (Å²) in [4.78, 5) is 30.3. The van der Waals surface area contributed by atoms with Crippen LogP contribution in [0.1, 0.15) is 28.0 Å². The van der Waals surface area contributed by atoms with Crippen LogP contribution in [0.15, 0.2) is 36.7 Å². The fourth-order valence-electron chi connectivity index (χ4n) is 4.94. The maximum Gasteiger partial charge on any atom is 0.293 e. The quantitative estimate of drug-likeness (QED) is 0.404. The van der Waals surface area contributed by atoms with Gasteiger partial charge < -0.3 is 9.88 Å². The summed E-state index contributed by atoms with van der Waals surface area (Å²) in [7, 11) is 0. The largest absolute Gasteiger partial charge is 0.355 e. The molecule has 3 N–H and O–H groups in total. The van der Waals surface area contributed by atoms with Crippen molar-refractivity contribution in [2.24, 2.45) is 11.8 Å². The number of fused-ring (bicyclic) bond motifs is 2. The Bertz CT molecular complexity index is 1240. The standard InChI is InChI=1S/C23H23F2N5O3/c24-16-2-1-13(19(25)5-16)11-30-12-15(18-6-20(23(32)28-33)26-8-21(18)30)10-29-4-3-17-14(9-29)7-27-22(17)31/h1-2,5-6,8,12,14,17,33H,3-4,7,9-11H2,(H,27,31)(H,28,32)/t14-,17+/m1/s1. The van der Waals surface area contributed by atoms with E-state index < -0.39 is 17.5 Å². The zero-order valence-corrected chi connectivity index (χ0v) is 17.7. The fraction of sp³-hybridized carbons (Fsp3) is 0.348. The highest BCUT2D eigenvalue weighted by atomic mass is 19.1. The number of carbonyl (C=O) groups is 2. The van der Waals surface area contributed by atoms with E-state index in [1.807, 2.05) is 10.8 Å². The highest BCUT2D eigenvalue weighted by Crippen LogP contribution is 2.30. The van der Waals surface area contributed by atoms with Crippen molar-refractivity contribution >= 4 is 22.7 Å². The highest BCUT2D eigenvalue weighted by molar-refractivity contribution is 5.96. The average Bonchev–Trinajstić information content (AvgIpc) is 3.34. The molecule has 2 fully saturated rings. The number of rotatable bonds is 5. The molecule has 2 amide bonds. The van der Waals surface area contributed by atoms with E-state index in [9.17, 15) is 18.4 Å². The number of amides is 2. The van der Waals surface area contributed by atoms with Crippen LogP contribution in [0, 0.1) is 23.5 Å². The number of piperidine rings is 1. The number of benzene rings is 1. The van der Waals surface area contributed by atoms with Crippen LogP contribution < -0.4 is 10.8 Å². The maximum absolute atomic E-state index is 14.3. The molecule has 2 atom stereocenters. The molecule has 0 spiro atoms. The summed E-state index contributed by atoms with van der Waals surface area (Å²) in [6.07, 6.45) is 4.19. The Hall–Kier alpha value is -3.37. The first-order valence-electron chi connectivity index (χ1n) is 10.8. The van der Waals surface area contributed by atoms with Gasteiger partial charge in [0.2, 0.25) is 5.91 Å². The van der Waals surface area contributed by atoms with Crippen LogP contribution in [-0.4, -0.2) is 51.1 Å². The summed E-state index contributed by atoms with van der Waals surface area (Å²) in [5, 5.41) is 12.7. The molecule has 1 aromatic carbocycles. The summed E-state index contributed by atoms with van der Waals surface area (Å²) in [6.45, 7) is 2.97. The van der Waals surface area contributed by atoms with Crippen molar-refractivity contribution < 1.29 is 23.6 Å². The number of nitrogens with one attached hydrogen (secondary N) is 2. The molecule has 8 nitrogen and oxygen atoms in total. The van der Waals surface area contributed by atoms with E-state index in [1.165, 1.54) is 18.3 Å². The third-order valence-electron chi connectivity index (χ3n) is 6.63. The number of hydroxylamine groups is 1. The molecular weight excluding hydrogens is 432 g/mol. The topological polar surface area (TPSA) is 99.5 Å². The number of hydrogen-bond acceptors (Lipinski definition) is 5. The Balaban J connectivity index is 1.48. The lowest BCUT2D eigenvalue weighted by atomic mass is 9.88. The molecule has 2 aliphatic rings. The highest BCUT2D eigenvalue weighted by Gasteiger charge is 2.38. The zero-order chi connectivity index (χ0) is 23.1. The molecular formula is C23H23F2N5O3. The second-order valence-corrected chi connectivity index (χ2v) is 8.68. The number of carbonyl (C=O) groups excluding carboxylic acids is 2. The lowest BCUT2D eigenvalue weighted by molar-refractivity contribution is -0.124. The van der Waals surface area contributed by atoms with Crippen molar-refractivity contribution in [3.63, 3.8) is 0 Å². The Kier molecular flexibility index (Phi) is 5.55. The minimum Gasteiger partial charge on any atom is -0.355 e. The lowest BCUT2D eigenvalue weighted by Gasteiger charge is -2.33. The normalized spacial score (nSPS) is 20.6. The van der Waals surface area contributed by atoms with E-state index >= 15 is 0 Å². The summed E-state index contributed by atoms with van der Waals surface area (Å²) in [5.41, 5.74) is 3.58. The molecule has 0 unspecified atom stereocenters. The third-order valence-corrected chi connectivity index (χ3v) is 6.63. The predicted octanol–water partition coefficient (Wildman–Crippen LogP) is 2.05. The number of aromatic nitrogens is 2.